The van der Waals surface area contributed by atoms with Crippen molar-refractivity contribution in [1.29, 1.82) is 0 Å². The molecular formula is C27H22BrNO6. The van der Waals surface area contributed by atoms with Gasteiger partial charge in [-0.2, -0.15) is 0 Å². The first-order chi connectivity index (χ1) is 16.7. The van der Waals surface area contributed by atoms with Gasteiger partial charge < -0.3 is 19.0 Å². The average Bonchev–Trinajstić information content (AvgIpc) is 3.14. The molecule has 0 fully saturated rings. The van der Waals surface area contributed by atoms with Crippen LogP contribution in [-0.4, -0.2) is 25.2 Å². The van der Waals surface area contributed by atoms with E-state index in [0.29, 0.717) is 32.4 Å². The molecule has 0 aliphatic carbocycles. The number of fused-ring (bicyclic) bond motifs is 2. The first-order valence-corrected chi connectivity index (χ1v) is 11.7. The molecule has 7 nitrogen and oxygen atoms in total. The third-order valence-electron chi connectivity index (χ3n) is 6.40. The van der Waals surface area contributed by atoms with Gasteiger partial charge in [0.2, 0.25) is 5.76 Å². The van der Waals surface area contributed by atoms with Gasteiger partial charge in [-0.25, -0.2) is 0 Å². The first kappa shape index (κ1) is 23.0. The lowest BCUT2D eigenvalue weighted by Gasteiger charge is -2.26. The van der Waals surface area contributed by atoms with E-state index in [4.69, 9.17) is 13.9 Å². The number of phenols is 1. The number of amides is 1. The molecule has 3 aromatic carbocycles. The first-order valence-electron chi connectivity index (χ1n) is 10.9. The molecule has 1 atom stereocenters. The lowest BCUT2D eigenvalue weighted by Crippen LogP contribution is -2.29. The number of nitrogens with zero attached hydrogens (tertiary/aromatic N) is 1. The predicted octanol–water partition coefficient (Wildman–Crippen LogP) is 5.64. The van der Waals surface area contributed by atoms with E-state index in [0.717, 1.165) is 11.1 Å². The fourth-order valence-corrected chi connectivity index (χ4v) is 4.94. The van der Waals surface area contributed by atoms with Crippen LogP contribution in [0.2, 0.25) is 0 Å². The van der Waals surface area contributed by atoms with E-state index >= 15 is 0 Å². The van der Waals surface area contributed by atoms with Gasteiger partial charge in [-0.3, -0.25) is 14.5 Å². The van der Waals surface area contributed by atoms with E-state index in [1.54, 1.807) is 55.6 Å². The number of methoxy groups -OCH3 is 2. The summed E-state index contributed by atoms with van der Waals surface area (Å²) in [7, 11) is 2.98. The molecule has 0 saturated heterocycles. The van der Waals surface area contributed by atoms with Gasteiger partial charge in [0, 0.05) is 11.8 Å². The highest BCUT2D eigenvalue weighted by Gasteiger charge is 2.44. The summed E-state index contributed by atoms with van der Waals surface area (Å²) < 4.78 is 17.2. The minimum Gasteiger partial charge on any atom is -0.503 e. The van der Waals surface area contributed by atoms with Crippen LogP contribution in [0.3, 0.4) is 0 Å². The van der Waals surface area contributed by atoms with Crippen molar-refractivity contribution in [2.45, 2.75) is 19.9 Å². The van der Waals surface area contributed by atoms with Gasteiger partial charge in [0.15, 0.2) is 16.9 Å². The maximum absolute atomic E-state index is 13.9. The Kier molecular flexibility index (Phi) is 5.56. The number of phenolic OH excluding ortho intramolecular Hbond substituents is 1. The molecule has 1 unspecified atom stereocenters. The highest BCUT2D eigenvalue weighted by atomic mass is 79.9. The normalized spacial score (nSPS) is 14.9. The van der Waals surface area contributed by atoms with Crippen LogP contribution < -0.4 is 19.8 Å². The molecule has 2 heterocycles. The van der Waals surface area contributed by atoms with E-state index in [9.17, 15) is 14.7 Å². The Morgan fingerprint density at radius 1 is 1.00 bits per heavy atom. The molecule has 4 aromatic rings. The van der Waals surface area contributed by atoms with Crippen LogP contribution in [0.1, 0.15) is 38.9 Å². The van der Waals surface area contributed by atoms with Crippen LogP contribution >= 0.6 is 15.9 Å². The van der Waals surface area contributed by atoms with Crippen LogP contribution in [0.5, 0.6) is 17.2 Å². The summed E-state index contributed by atoms with van der Waals surface area (Å²) in [6, 6.07) is 13.1. The number of halogens is 1. The van der Waals surface area contributed by atoms with Crippen molar-refractivity contribution in [2.24, 2.45) is 0 Å². The largest absolute Gasteiger partial charge is 0.503 e. The lowest BCUT2D eigenvalue weighted by molar-refractivity contribution is 0.0971. The van der Waals surface area contributed by atoms with E-state index in [-0.39, 0.29) is 28.3 Å². The molecule has 1 amide bonds. The number of aryl methyl sites for hydroxylation is 2. The Morgan fingerprint density at radius 2 is 1.74 bits per heavy atom. The van der Waals surface area contributed by atoms with Crippen molar-refractivity contribution in [3.8, 4) is 17.2 Å². The molecule has 1 aromatic heterocycles. The standard InChI is InChI=1S/C27H22BrNO6/c1-13-8-18-20(9-14(13)2)35-26-22(24(18)30)23(15-10-19(28)25(31)21(11-15)34-4)29(27(26)32)16-6-5-7-17(12-16)33-3/h5-12,23,31H,1-4H3. The topological polar surface area (TPSA) is 89.2 Å². The molecule has 178 valence electrons. The monoisotopic (exact) mass is 535 g/mol. The Labute approximate surface area is 209 Å². The Hall–Kier alpha value is -3.78. The number of hydrogen-bond donors (Lipinski definition) is 1. The lowest BCUT2D eigenvalue weighted by atomic mass is 9.97. The van der Waals surface area contributed by atoms with Gasteiger partial charge in [0.1, 0.15) is 11.3 Å². The van der Waals surface area contributed by atoms with Crippen LogP contribution in [0.15, 0.2) is 62.2 Å². The number of aromatic hydroxyl groups is 1. The molecule has 1 aliphatic rings. The Bertz CT molecular complexity index is 1570. The van der Waals surface area contributed by atoms with Gasteiger partial charge >= 0.3 is 0 Å². The fraction of sp³-hybridized carbons (Fsp3) is 0.185. The summed E-state index contributed by atoms with van der Waals surface area (Å²) in [6.07, 6.45) is 0. The third-order valence-corrected chi connectivity index (χ3v) is 7.01. The zero-order chi connectivity index (χ0) is 25.0. The quantitative estimate of drug-likeness (QED) is 0.363. The molecule has 1 N–H and O–H groups in total. The molecule has 5 rings (SSSR count). The Morgan fingerprint density at radius 3 is 2.46 bits per heavy atom. The fourth-order valence-electron chi connectivity index (χ4n) is 4.48. The summed E-state index contributed by atoms with van der Waals surface area (Å²) >= 11 is 3.36. The number of ether oxygens (including phenoxy) is 2. The van der Waals surface area contributed by atoms with Crippen molar-refractivity contribution in [2.75, 3.05) is 19.1 Å². The van der Waals surface area contributed by atoms with Crippen LogP contribution in [0, 0.1) is 13.8 Å². The number of benzene rings is 3. The summed E-state index contributed by atoms with van der Waals surface area (Å²) in [6.45, 7) is 3.85. The molecule has 1 aliphatic heterocycles. The van der Waals surface area contributed by atoms with E-state index < -0.39 is 11.9 Å². The summed E-state index contributed by atoms with van der Waals surface area (Å²) in [5, 5.41) is 10.8. The highest BCUT2D eigenvalue weighted by molar-refractivity contribution is 9.10. The molecule has 0 radical (unpaired) electrons. The number of rotatable bonds is 4. The zero-order valence-corrected chi connectivity index (χ0v) is 21.1. The smallest absolute Gasteiger partial charge is 0.295 e. The second-order valence-electron chi connectivity index (χ2n) is 8.44. The number of carbonyl (C=O) groups is 1. The van der Waals surface area contributed by atoms with Gasteiger partial charge in [-0.1, -0.05) is 6.07 Å². The van der Waals surface area contributed by atoms with Crippen LogP contribution in [0.4, 0.5) is 5.69 Å². The molecule has 35 heavy (non-hydrogen) atoms. The summed E-state index contributed by atoms with van der Waals surface area (Å²) in [5.41, 5.74) is 3.32. The van der Waals surface area contributed by atoms with Crippen molar-refractivity contribution < 1.29 is 23.8 Å². The van der Waals surface area contributed by atoms with Crippen molar-refractivity contribution in [3.63, 3.8) is 0 Å². The Balaban J connectivity index is 1.85. The predicted molar refractivity (Wildman–Crippen MR) is 136 cm³/mol. The number of carbonyl (C=O) groups excluding carboxylic acids is 1. The minimum atomic E-state index is -0.822. The SMILES string of the molecule is COc1cccc(N2C(=O)c3oc4cc(C)c(C)cc4c(=O)c3C2c2cc(Br)c(O)c(OC)c2)c1. The number of hydrogen-bond acceptors (Lipinski definition) is 6. The summed E-state index contributed by atoms with van der Waals surface area (Å²) in [4.78, 5) is 29.2. The van der Waals surface area contributed by atoms with Crippen molar-refractivity contribution >= 4 is 38.5 Å². The van der Waals surface area contributed by atoms with Crippen LogP contribution in [0.25, 0.3) is 11.0 Å². The second-order valence-corrected chi connectivity index (χ2v) is 9.29. The molecule has 0 spiro atoms. The second kappa shape index (κ2) is 8.46. The van der Waals surface area contributed by atoms with Gasteiger partial charge in [0.05, 0.1) is 35.7 Å². The third kappa shape index (κ3) is 3.56. The van der Waals surface area contributed by atoms with Gasteiger partial charge in [-0.05, 0) is 82.9 Å². The zero-order valence-electron chi connectivity index (χ0n) is 19.5. The van der Waals surface area contributed by atoms with E-state index in [2.05, 4.69) is 15.9 Å². The maximum atomic E-state index is 13.9. The average molecular weight is 536 g/mol. The summed E-state index contributed by atoms with van der Waals surface area (Å²) in [5.74, 6) is 0.230. The minimum absolute atomic E-state index is 0.0123. The van der Waals surface area contributed by atoms with Gasteiger partial charge in [-0.15, -0.1) is 0 Å². The molecule has 0 saturated carbocycles. The van der Waals surface area contributed by atoms with Gasteiger partial charge in [0.25, 0.3) is 5.91 Å². The molecule has 0 bridgehead atoms. The highest BCUT2D eigenvalue weighted by Crippen LogP contribution is 2.45. The maximum Gasteiger partial charge on any atom is 0.295 e. The van der Waals surface area contributed by atoms with E-state index in [1.807, 2.05) is 13.8 Å². The van der Waals surface area contributed by atoms with Crippen molar-refractivity contribution in [1.82, 2.24) is 0 Å². The molecule has 8 heteroatoms. The molecular weight excluding hydrogens is 514 g/mol. The van der Waals surface area contributed by atoms with E-state index in [1.165, 1.54) is 12.0 Å². The van der Waals surface area contributed by atoms with Crippen LogP contribution in [-0.2, 0) is 0 Å². The van der Waals surface area contributed by atoms with Crippen molar-refractivity contribution in [3.05, 3.63) is 91.2 Å². The number of anilines is 1.